The molecule has 0 bridgehead atoms. The van der Waals surface area contributed by atoms with Crippen molar-refractivity contribution in [1.82, 2.24) is 4.98 Å². The minimum absolute atomic E-state index is 0.0626. The molecule has 0 unspecified atom stereocenters. The molecule has 0 fully saturated rings. The van der Waals surface area contributed by atoms with Crippen LogP contribution in [0, 0.1) is 6.92 Å². The SMILES string of the molecule is COc1cccc([C@@H](C)c2c(-c3ccncc3)ccc(C(N)=O)c2C)c1. The van der Waals surface area contributed by atoms with Crippen molar-refractivity contribution < 1.29 is 9.53 Å². The predicted molar refractivity (Wildman–Crippen MR) is 103 cm³/mol. The molecule has 2 aromatic carbocycles. The Balaban J connectivity index is 2.22. The summed E-state index contributed by atoms with van der Waals surface area (Å²) in [6.07, 6.45) is 3.54. The molecule has 3 aromatic rings. The summed E-state index contributed by atoms with van der Waals surface area (Å²) in [6.45, 7) is 4.09. The van der Waals surface area contributed by atoms with Gasteiger partial charge in [0.15, 0.2) is 0 Å². The molecule has 0 saturated carbocycles. The second-order valence-corrected chi connectivity index (χ2v) is 6.30. The highest BCUT2D eigenvalue weighted by atomic mass is 16.5. The van der Waals surface area contributed by atoms with Crippen molar-refractivity contribution in [2.75, 3.05) is 7.11 Å². The van der Waals surface area contributed by atoms with Gasteiger partial charge in [-0.15, -0.1) is 0 Å². The lowest BCUT2D eigenvalue weighted by Gasteiger charge is -2.22. The molecule has 4 nitrogen and oxygen atoms in total. The Morgan fingerprint density at radius 1 is 1.12 bits per heavy atom. The molecular weight excluding hydrogens is 324 g/mol. The van der Waals surface area contributed by atoms with Gasteiger partial charge >= 0.3 is 0 Å². The van der Waals surface area contributed by atoms with Gasteiger partial charge in [-0.05, 0) is 65.1 Å². The highest BCUT2D eigenvalue weighted by Gasteiger charge is 2.20. The molecule has 0 radical (unpaired) electrons. The van der Waals surface area contributed by atoms with E-state index in [1.165, 1.54) is 0 Å². The lowest BCUT2D eigenvalue weighted by atomic mass is 9.82. The van der Waals surface area contributed by atoms with Crippen molar-refractivity contribution in [3.05, 3.63) is 83.2 Å². The van der Waals surface area contributed by atoms with E-state index in [0.29, 0.717) is 5.56 Å². The van der Waals surface area contributed by atoms with Crippen LogP contribution in [0.1, 0.15) is 39.9 Å². The number of hydrogen-bond donors (Lipinski definition) is 1. The first-order valence-electron chi connectivity index (χ1n) is 8.50. The Morgan fingerprint density at radius 2 is 1.85 bits per heavy atom. The van der Waals surface area contributed by atoms with Crippen LogP contribution < -0.4 is 10.5 Å². The quantitative estimate of drug-likeness (QED) is 0.748. The number of carbonyl (C=O) groups is 1. The molecule has 3 rings (SSSR count). The summed E-state index contributed by atoms with van der Waals surface area (Å²) in [5.41, 5.74) is 11.4. The van der Waals surface area contributed by atoms with E-state index < -0.39 is 5.91 Å². The van der Waals surface area contributed by atoms with Crippen LogP contribution >= 0.6 is 0 Å². The fraction of sp³-hybridized carbons (Fsp3) is 0.182. The van der Waals surface area contributed by atoms with E-state index in [0.717, 1.165) is 33.6 Å². The molecule has 0 aliphatic carbocycles. The fourth-order valence-electron chi connectivity index (χ4n) is 3.41. The standard InChI is InChI=1S/C22H22N2O2/c1-14(17-5-4-6-18(13-17)26-3)21-15(2)19(22(23)25)7-8-20(21)16-9-11-24-12-10-16/h4-14H,1-3H3,(H2,23,25)/t14-/m1/s1. The number of amides is 1. The number of ether oxygens (including phenoxy) is 1. The number of hydrogen-bond acceptors (Lipinski definition) is 3. The van der Waals surface area contributed by atoms with Crippen LogP contribution in [0.3, 0.4) is 0 Å². The first kappa shape index (κ1) is 17.7. The molecule has 1 amide bonds. The highest BCUT2D eigenvalue weighted by molar-refractivity contribution is 5.95. The van der Waals surface area contributed by atoms with Gasteiger partial charge in [-0.1, -0.05) is 25.1 Å². The van der Waals surface area contributed by atoms with E-state index >= 15 is 0 Å². The number of aromatic nitrogens is 1. The van der Waals surface area contributed by atoms with Crippen LogP contribution in [0.2, 0.25) is 0 Å². The highest BCUT2D eigenvalue weighted by Crippen LogP contribution is 2.37. The van der Waals surface area contributed by atoms with Crippen molar-refractivity contribution in [1.29, 1.82) is 0 Å². The molecule has 0 aliphatic rings. The van der Waals surface area contributed by atoms with E-state index in [9.17, 15) is 4.79 Å². The van der Waals surface area contributed by atoms with Gasteiger partial charge in [-0.3, -0.25) is 9.78 Å². The zero-order chi connectivity index (χ0) is 18.7. The van der Waals surface area contributed by atoms with Crippen LogP contribution in [0.5, 0.6) is 5.75 Å². The molecule has 132 valence electrons. The third kappa shape index (κ3) is 3.31. The average Bonchev–Trinajstić information content (AvgIpc) is 2.67. The number of benzene rings is 2. The largest absolute Gasteiger partial charge is 0.497 e. The Bertz CT molecular complexity index is 936. The summed E-state index contributed by atoms with van der Waals surface area (Å²) in [4.78, 5) is 16.0. The van der Waals surface area contributed by atoms with Gasteiger partial charge in [-0.2, -0.15) is 0 Å². The second kappa shape index (κ2) is 7.40. The average molecular weight is 346 g/mol. The van der Waals surface area contributed by atoms with Gasteiger partial charge in [0.1, 0.15) is 5.75 Å². The Hall–Kier alpha value is -3.14. The number of nitrogens with zero attached hydrogens (tertiary/aromatic N) is 1. The van der Waals surface area contributed by atoms with E-state index in [1.807, 2.05) is 43.3 Å². The maximum Gasteiger partial charge on any atom is 0.248 e. The second-order valence-electron chi connectivity index (χ2n) is 6.30. The van der Waals surface area contributed by atoms with Gasteiger partial charge in [0.2, 0.25) is 5.91 Å². The molecule has 0 saturated heterocycles. The number of carbonyl (C=O) groups excluding carboxylic acids is 1. The van der Waals surface area contributed by atoms with Crippen molar-refractivity contribution in [3.8, 4) is 16.9 Å². The normalized spacial score (nSPS) is 11.8. The summed E-state index contributed by atoms with van der Waals surface area (Å²) in [5, 5.41) is 0. The molecule has 1 heterocycles. The van der Waals surface area contributed by atoms with Gasteiger partial charge in [0.05, 0.1) is 7.11 Å². The Kier molecular flexibility index (Phi) is 5.03. The zero-order valence-electron chi connectivity index (χ0n) is 15.2. The molecule has 2 N–H and O–H groups in total. The van der Waals surface area contributed by atoms with Crippen molar-refractivity contribution in [3.63, 3.8) is 0 Å². The van der Waals surface area contributed by atoms with Gasteiger partial charge in [-0.25, -0.2) is 0 Å². The van der Waals surface area contributed by atoms with Crippen LogP contribution in [-0.2, 0) is 0 Å². The Morgan fingerprint density at radius 3 is 2.50 bits per heavy atom. The summed E-state index contributed by atoms with van der Waals surface area (Å²) < 4.78 is 5.37. The van der Waals surface area contributed by atoms with E-state index in [-0.39, 0.29) is 5.92 Å². The third-order valence-corrected chi connectivity index (χ3v) is 4.80. The van der Waals surface area contributed by atoms with Crippen molar-refractivity contribution in [2.24, 2.45) is 5.73 Å². The minimum atomic E-state index is -0.414. The predicted octanol–water partition coefficient (Wildman–Crippen LogP) is 4.32. The smallest absolute Gasteiger partial charge is 0.248 e. The van der Waals surface area contributed by atoms with Gasteiger partial charge in [0, 0.05) is 23.9 Å². The van der Waals surface area contributed by atoms with Crippen LogP contribution in [-0.4, -0.2) is 18.0 Å². The summed E-state index contributed by atoms with van der Waals surface area (Å²) >= 11 is 0. The number of pyridine rings is 1. The lowest BCUT2D eigenvalue weighted by molar-refractivity contribution is 0.0999. The number of methoxy groups -OCH3 is 1. The van der Waals surface area contributed by atoms with Gasteiger partial charge < -0.3 is 10.5 Å². The monoisotopic (exact) mass is 346 g/mol. The van der Waals surface area contributed by atoms with E-state index in [1.54, 1.807) is 25.6 Å². The number of nitrogens with two attached hydrogens (primary N) is 1. The fourth-order valence-corrected chi connectivity index (χ4v) is 3.41. The van der Waals surface area contributed by atoms with E-state index in [2.05, 4.69) is 18.0 Å². The molecule has 1 aromatic heterocycles. The van der Waals surface area contributed by atoms with Crippen molar-refractivity contribution >= 4 is 5.91 Å². The summed E-state index contributed by atoms with van der Waals surface area (Å²) in [6, 6.07) is 15.7. The zero-order valence-corrected chi connectivity index (χ0v) is 15.2. The molecule has 0 spiro atoms. The first-order chi connectivity index (χ1) is 12.5. The summed E-state index contributed by atoms with van der Waals surface area (Å²) in [5.74, 6) is 0.457. The maximum atomic E-state index is 11.9. The van der Waals surface area contributed by atoms with E-state index in [4.69, 9.17) is 10.5 Å². The maximum absolute atomic E-state index is 11.9. The van der Waals surface area contributed by atoms with Crippen LogP contribution in [0.4, 0.5) is 0 Å². The first-order valence-corrected chi connectivity index (χ1v) is 8.50. The summed E-state index contributed by atoms with van der Waals surface area (Å²) in [7, 11) is 1.66. The third-order valence-electron chi connectivity index (χ3n) is 4.80. The molecule has 0 aliphatic heterocycles. The molecule has 4 heteroatoms. The Labute approximate surface area is 153 Å². The minimum Gasteiger partial charge on any atom is -0.497 e. The van der Waals surface area contributed by atoms with Gasteiger partial charge in [0.25, 0.3) is 0 Å². The van der Waals surface area contributed by atoms with Crippen molar-refractivity contribution in [2.45, 2.75) is 19.8 Å². The topological polar surface area (TPSA) is 65.2 Å². The molecule has 1 atom stereocenters. The van der Waals surface area contributed by atoms with Crippen LogP contribution in [0.15, 0.2) is 60.9 Å². The molecule has 26 heavy (non-hydrogen) atoms. The molecular formula is C22H22N2O2. The lowest BCUT2D eigenvalue weighted by Crippen LogP contribution is -2.15. The number of rotatable bonds is 5. The van der Waals surface area contributed by atoms with Crippen LogP contribution in [0.25, 0.3) is 11.1 Å². The number of primary amides is 1.